The van der Waals surface area contributed by atoms with Crippen LogP contribution in [0.15, 0.2) is 0 Å². The van der Waals surface area contributed by atoms with Crippen molar-refractivity contribution in [3.8, 4) is 0 Å². The third-order valence-corrected chi connectivity index (χ3v) is 9.84. The second kappa shape index (κ2) is 9.42. The lowest BCUT2D eigenvalue weighted by molar-refractivity contribution is -1.07. The summed E-state index contributed by atoms with van der Waals surface area (Å²) in [6, 6.07) is 0. The van der Waals surface area contributed by atoms with Crippen molar-refractivity contribution in [1.29, 1.82) is 0 Å². The van der Waals surface area contributed by atoms with Crippen LogP contribution in [0.2, 0.25) is 0 Å². The zero-order valence-electron chi connectivity index (χ0n) is 14.0. The smallest absolute Gasteiger partial charge is 0.206 e. The first-order valence-corrected chi connectivity index (χ1v) is 13.4. The first-order valence-electron chi connectivity index (χ1n) is 7.78. The van der Waals surface area contributed by atoms with Gasteiger partial charge in [0.1, 0.15) is 19.0 Å². The van der Waals surface area contributed by atoms with E-state index in [1.807, 2.05) is 0 Å². The molecule has 0 saturated carbocycles. The van der Waals surface area contributed by atoms with Crippen LogP contribution >= 0.6 is 10.8 Å². The monoisotopic (exact) mass is 423 g/mol. The van der Waals surface area contributed by atoms with Crippen LogP contribution in [0.1, 0.15) is 20.3 Å². The van der Waals surface area contributed by atoms with Crippen LogP contribution in [0, 0.1) is 0 Å². The fourth-order valence-electron chi connectivity index (χ4n) is 2.69. The normalized spacial score (nSPS) is 27.0. The molecule has 1 fully saturated rings. The van der Waals surface area contributed by atoms with Gasteiger partial charge in [0, 0.05) is 22.0 Å². The molecule has 0 spiro atoms. The average Bonchev–Trinajstić information content (AvgIpc) is 2.48. The Hall–Kier alpha value is 0.470. The van der Waals surface area contributed by atoms with E-state index in [2.05, 4.69) is 0 Å². The molecule has 0 aromatic carbocycles. The Morgan fingerprint density at radius 3 is 2.38 bits per heavy atom. The van der Waals surface area contributed by atoms with Crippen molar-refractivity contribution >= 4 is 39.6 Å². The molecule has 3 atom stereocenters. The van der Waals surface area contributed by atoms with Crippen LogP contribution in [0.25, 0.3) is 0 Å². The number of hydrogen-bond donors (Lipinski definition) is 2. The summed E-state index contributed by atoms with van der Waals surface area (Å²) in [5.74, 6) is -0.0794. The number of likely N-dealkylation sites (tertiary alicyclic amines) is 1. The second-order valence-corrected chi connectivity index (χ2v) is 13.1. The van der Waals surface area contributed by atoms with E-state index in [1.165, 1.54) is 0 Å². The maximum atomic E-state index is 12.4. The Bertz CT molecular complexity index is 597. The standard InChI is InChI=1S/C12H27N2O6S4/c1-3-20-24(19,21)11-13(6-9-15)14(8-10-16)7-5-12(14)22-23(17,18)4-2/h12,15-16H,3-11H2,1-2H3/q+1. The average molecular weight is 424 g/mol. The highest BCUT2D eigenvalue weighted by Gasteiger charge is 2.53. The number of hydrogen-bond acceptors (Lipinski definition) is 9. The van der Waals surface area contributed by atoms with E-state index in [9.17, 15) is 22.8 Å². The van der Waals surface area contributed by atoms with Crippen molar-refractivity contribution < 1.29 is 31.6 Å². The third-order valence-electron chi connectivity index (χ3n) is 3.92. The van der Waals surface area contributed by atoms with E-state index in [0.29, 0.717) is 13.0 Å². The lowest BCUT2D eigenvalue weighted by Crippen LogP contribution is -2.73. The van der Waals surface area contributed by atoms with Gasteiger partial charge in [-0.15, -0.1) is 5.01 Å². The van der Waals surface area contributed by atoms with Crippen LogP contribution in [0.5, 0.6) is 0 Å². The van der Waals surface area contributed by atoms with E-state index in [1.54, 1.807) is 18.9 Å². The topological polar surface area (TPSA) is 104 Å². The number of nitrogens with zero attached hydrogens (tertiary/aromatic N) is 2. The SMILES string of the molecule is CCOS(=O)(=S)CN(CCO)[N+]1(CCO)CCC1SS(=O)(=O)CC. The van der Waals surface area contributed by atoms with Gasteiger partial charge in [-0.3, -0.25) is 4.18 Å². The van der Waals surface area contributed by atoms with Crippen molar-refractivity contribution in [3.05, 3.63) is 0 Å². The molecule has 1 heterocycles. The van der Waals surface area contributed by atoms with Crippen molar-refractivity contribution in [3.63, 3.8) is 0 Å². The highest BCUT2D eigenvalue weighted by atomic mass is 33.1. The first kappa shape index (κ1) is 22.5. The number of aliphatic hydroxyl groups is 2. The van der Waals surface area contributed by atoms with Crippen LogP contribution in [-0.4, -0.2) is 88.9 Å². The Balaban J connectivity index is 3.08. The molecule has 0 aromatic heterocycles. The first-order chi connectivity index (χ1) is 11.2. The van der Waals surface area contributed by atoms with Crippen molar-refractivity contribution in [1.82, 2.24) is 5.01 Å². The minimum Gasteiger partial charge on any atom is -0.395 e. The molecule has 12 heteroatoms. The van der Waals surface area contributed by atoms with Gasteiger partial charge < -0.3 is 10.2 Å². The van der Waals surface area contributed by atoms with E-state index >= 15 is 0 Å². The minimum atomic E-state index is -3.27. The number of rotatable bonds is 12. The Morgan fingerprint density at radius 2 is 1.96 bits per heavy atom. The van der Waals surface area contributed by atoms with Crippen LogP contribution in [0.3, 0.4) is 0 Å². The van der Waals surface area contributed by atoms with Gasteiger partial charge in [0.25, 0.3) is 0 Å². The highest BCUT2D eigenvalue weighted by Crippen LogP contribution is 2.41. The molecule has 0 amide bonds. The fourth-order valence-corrected chi connectivity index (χ4v) is 7.87. The summed E-state index contributed by atoms with van der Waals surface area (Å²) in [4.78, 5) is 0. The van der Waals surface area contributed by atoms with Crippen molar-refractivity contribution in [2.24, 2.45) is 0 Å². The summed E-state index contributed by atoms with van der Waals surface area (Å²) in [5, 5.41) is 20.2. The second-order valence-electron chi connectivity index (χ2n) is 5.39. The minimum absolute atomic E-state index is 0.0179. The maximum Gasteiger partial charge on any atom is 0.206 e. The summed E-state index contributed by atoms with van der Waals surface area (Å²) < 4.78 is 41.6. The molecule has 1 aliphatic rings. The van der Waals surface area contributed by atoms with Gasteiger partial charge in [0.15, 0.2) is 14.1 Å². The number of aliphatic hydroxyl groups excluding tert-OH is 2. The zero-order chi connectivity index (χ0) is 18.4. The summed E-state index contributed by atoms with van der Waals surface area (Å²) >= 11 is 5.01. The molecule has 8 nitrogen and oxygen atoms in total. The third kappa shape index (κ3) is 5.74. The molecule has 1 aliphatic heterocycles. The molecule has 0 aromatic rings. The summed E-state index contributed by atoms with van der Waals surface area (Å²) in [6.45, 7) is 4.16. The van der Waals surface area contributed by atoms with E-state index in [4.69, 9.17) is 15.4 Å². The van der Waals surface area contributed by atoms with Crippen LogP contribution in [0.4, 0.5) is 0 Å². The van der Waals surface area contributed by atoms with Crippen LogP contribution in [-0.2, 0) is 33.0 Å². The van der Waals surface area contributed by atoms with Gasteiger partial charge in [-0.2, -0.15) is 0 Å². The zero-order valence-corrected chi connectivity index (χ0v) is 17.3. The lowest BCUT2D eigenvalue weighted by Gasteiger charge is -2.55. The molecule has 24 heavy (non-hydrogen) atoms. The van der Waals surface area contributed by atoms with Gasteiger partial charge in [-0.05, 0) is 6.92 Å². The molecule has 0 aliphatic carbocycles. The summed E-state index contributed by atoms with van der Waals surface area (Å²) in [7, 11) is -5.41. The molecule has 1 saturated heterocycles. The molecular weight excluding hydrogens is 396 g/mol. The maximum absolute atomic E-state index is 12.4. The Morgan fingerprint density at radius 1 is 1.29 bits per heavy atom. The van der Waals surface area contributed by atoms with E-state index in [0.717, 1.165) is 10.8 Å². The van der Waals surface area contributed by atoms with Gasteiger partial charge in [0.05, 0.1) is 38.5 Å². The Kier molecular flexibility index (Phi) is 8.83. The van der Waals surface area contributed by atoms with Gasteiger partial charge in [0.2, 0.25) is 8.87 Å². The molecule has 0 radical (unpaired) electrons. The Labute approximate surface area is 152 Å². The van der Waals surface area contributed by atoms with E-state index in [-0.39, 0.29) is 54.5 Å². The molecule has 2 N–H and O–H groups in total. The molecule has 0 bridgehead atoms. The quantitative estimate of drug-likeness (QED) is 0.317. The summed E-state index contributed by atoms with van der Waals surface area (Å²) in [6.07, 6.45) is 0.652. The molecule has 144 valence electrons. The van der Waals surface area contributed by atoms with Crippen molar-refractivity contribution in [2.75, 3.05) is 51.1 Å². The largest absolute Gasteiger partial charge is 0.395 e. The van der Waals surface area contributed by atoms with Gasteiger partial charge in [-0.1, -0.05) is 6.92 Å². The number of quaternary nitrogens is 1. The van der Waals surface area contributed by atoms with Gasteiger partial charge in [-0.25, -0.2) is 17.2 Å². The fraction of sp³-hybridized carbons (Fsp3) is 1.00. The predicted octanol–water partition coefficient (Wildman–Crippen LogP) is -0.527. The molecule has 1 rings (SSSR count). The highest BCUT2D eigenvalue weighted by molar-refractivity contribution is 8.72. The summed E-state index contributed by atoms with van der Waals surface area (Å²) in [5.41, 5.74) is 0. The lowest BCUT2D eigenvalue weighted by atomic mass is 10.2. The van der Waals surface area contributed by atoms with E-state index < -0.39 is 17.6 Å². The van der Waals surface area contributed by atoms with Crippen LogP contribution < -0.4 is 0 Å². The van der Waals surface area contributed by atoms with Crippen molar-refractivity contribution in [2.45, 2.75) is 25.6 Å². The molecule has 3 unspecified atom stereocenters. The predicted molar refractivity (Wildman–Crippen MR) is 98.3 cm³/mol. The van der Waals surface area contributed by atoms with Gasteiger partial charge >= 0.3 is 0 Å². The molecular formula is C12H27N2O6S4+.